The molecular weight excluding hydrogens is 346 g/mol. The van der Waals surface area contributed by atoms with Gasteiger partial charge in [0.15, 0.2) is 5.16 Å². The summed E-state index contributed by atoms with van der Waals surface area (Å²) in [5.41, 5.74) is 2.99. The first kappa shape index (κ1) is 17.0. The zero-order valence-electron chi connectivity index (χ0n) is 14.9. The number of rotatable bonds is 5. The van der Waals surface area contributed by atoms with Gasteiger partial charge in [-0.3, -0.25) is 9.36 Å². The number of amides is 1. The van der Waals surface area contributed by atoms with Crippen molar-refractivity contribution in [3.05, 3.63) is 48.5 Å². The van der Waals surface area contributed by atoms with Crippen molar-refractivity contribution in [2.24, 2.45) is 0 Å². The fourth-order valence-corrected chi connectivity index (χ4v) is 4.44. The Bertz CT molecular complexity index is 936. The summed E-state index contributed by atoms with van der Waals surface area (Å²) in [5.74, 6) is 1.03. The molecule has 6 heteroatoms. The van der Waals surface area contributed by atoms with Crippen LogP contribution in [-0.2, 0) is 4.79 Å². The van der Waals surface area contributed by atoms with E-state index in [1.54, 1.807) is 16.7 Å². The van der Waals surface area contributed by atoms with Crippen molar-refractivity contribution in [1.29, 1.82) is 0 Å². The first-order valence-corrected chi connectivity index (χ1v) is 9.67. The Hall–Kier alpha value is -2.47. The fraction of sp³-hybridized carbons (Fsp3) is 0.300. The van der Waals surface area contributed by atoms with Crippen LogP contribution in [0.3, 0.4) is 0 Å². The van der Waals surface area contributed by atoms with Crippen LogP contribution in [0.15, 0.2) is 53.7 Å². The SMILES string of the molecule is CCOc1ccc(-n2c(SC3CCN(C)C3=O)nc3ccccc32)cc1. The van der Waals surface area contributed by atoms with Gasteiger partial charge in [0.25, 0.3) is 0 Å². The molecule has 5 nitrogen and oxygen atoms in total. The number of nitrogens with zero attached hydrogens (tertiary/aromatic N) is 3. The molecular formula is C20H21N3O2S. The summed E-state index contributed by atoms with van der Waals surface area (Å²) in [4.78, 5) is 18.9. The molecule has 134 valence electrons. The number of likely N-dealkylation sites (tertiary alicyclic amines) is 1. The average molecular weight is 367 g/mol. The van der Waals surface area contributed by atoms with Crippen molar-refractivity contribution >= 4 is 28.7 Å². The van der Waals surface area contributed by atoms with Gasteiger partial charge < -0.3 is 9.64 Å². The van der Waals surface area contributed by atoms with Gasteiger partial charge in [-0.25, -0.2) is 4.98 Å². The number of hydrogen-bond donors (Lipinski definition) is 0. The van der Waals surface area contributed by atoms with Crippen molar-refractivity contribution in [2.45, 2.75) is 23.8 Å². The molecule has 0 N–H and O–H groups in total. The third-order valence-electron chi connectivity index (χ3n) is 4.56. The normalized spacial score (nSPS) is 17.2. The van der Waals surface area contributed by atoms with Crippen LogP contribution in [0, 0.1) is 0 Å². The smallest absolute Gasteiger partial charge is 0.235 e. The zero-order chi connectivity index (χ0) is 18.1. The summed E-state index contributed by atoms with van der Waals surface area (Å²) in [6.07, 6.45) is 0.854. The van der Waals surface area contributed by atoms with Gasteiger partial charge in [0, 0.05) is 19.3 Å². The molecule has 1 fully saturated rings. The molecule has 1 aromatic heterocycles. The summed E-state index contributed by atoms with van der Waals surface area (Å²) in [6, 6.07) is 16.1. The number of hydrogen-bond acceptors (Lipinski definition) is 4. The summed E-state index contributed by atoms with van der Waals surface area (Å²) >= 11 is 1.55. The van der Waals surface area contributed by atoms with Crippen LogP contribution in [0.25, 0.3) is 16.7 Å². The predicted molar refractivity (Wildman–Crippen MR) is 104 cm³/mol. The van der Waals surface area contributed by atoms with Crippen LogP contribution < -0.4 is 4.74 Å². The number of thioether (sulfide) groups is 1. The van der Waals surface area contributed by atoms with E-state index in [4.69, 9.17) is 9.72 Å². The highest BCUT2D eigenvalue weighted by atomic mass is 32.2. The number of imidazole rings is 1. The van der Waals surface area contributed by atoms with Crippen molar-refractivity contribution < 1.29 is 9.53 Å². The Morgan fingerprint density at radius 3 is 2.65 bits per heavy atom. The second-order valence-electron chi connectivity index (χ2n) is 6.30. The van der Waals surface area contributed by atoms with E-state index in [-0.39, 0.29) is 11.2 Å². The number of carbonyl (C=O) groups is 1. The number of fused-ring (bicyclic) bond motifs is 1. The van der Waals surface area contributed by atoms with Crippen LogP contribution in [0.2, 0.25) is 0 Å². The highest BCUT2D eigenvalue weighted by molar-refractivity contribution is 8.00. The Kier molecular flexibility index (Phi) is 4.59. The van der Waals surface area contributed by atoms with Crippen LogP contribution >= 0.6 is 11.8 Å². The van der Waals surface area contributed by atoms with Crippen LogP contribution in [0.5, 0.6) is 5.75 Å². The van der Waals surface area contributed by atoms with Gasteiger partial charge in [-0.05, 0) is 49.7 Å². The first-order valence-electron chi connectivity index (χ1n) is 8.79. The van der Waals surface area contributed by atoms with Gasteiger partial charge >= 0.3 is 0 Å². The second kappa shape index (κ2) is 7.03. The summed E-state index contributed by atoms with van der Waals surface area (Å²) in [5, 5.41) is 0.780. The minimum absolute atomic E-state index is 0.0711. The molecule has 1 atom stereocenters. The van der Waals surface area contributed by atoms with Gasteiger partial charge in [-0.2, -0.15) is 0 Å². The van der Waals surface area contributed by atoms with E-state index < -0.39 is 0 Å². The van der Waals surface area contributed by atoms with E-state index >= 15 is 0 Å². The summed E-state index contributed by atoms with van der Waals surface area (Å²) in [6.45, 7) is 3.42. The number of aromatic nitrogens is 2. The van der Waals surface area contributed by atoms with Crippen molar-refractivity contribution in [1.82, 2.24) is 14.5 Å². The number of benzene rings is 2. The van der Waals surface area contributed by atoms with Gasteiger partial charge in [0.2, 0.25) is 5.91 Å². The molecule has 1 aliphatic heterocycles. The van der Waals surface area contributed by atoms with Crippen molar-refractivity contribution in [2.75, 3.05) is 20.2 Å². The molecule has 1 unspecified atom stereocenters. The zero-order valence-corrected chi connectivity index (χ0v) is 15.7. The lowest BCUT2D eigenvalue weighted by molar-refractivity contribution is -0.126. The third kappa shape index (κ3) is 3.05. The van der Waals surface area contributed by atoms with Crippen molar-refractivity contribution in [3.8, 4) is 11.4 Å². The summed E-state index contributed by atoms with van der Waals surface area (Å²) in [7, 11) is 1.86. The molecule has 4 rings (SSSR count). The lowest BCUT2D eigenvalue weighted by atomic mass is 10.2. The average Bonchev–Trinajstić information content (AvgIpc) is 3.17. The highest BCUT2D eigenvalue weighted by Crippen LogP contribution is 2.34. The first-order chi connectivity index (χ1) is 12.7. The quantitative estimate of drug-likeness (QED) is 0.689. The molecule has 1 amide bonds. The Labute approximate surface area is 157 Å². The molecule has 1 aliphatic rings. The molecule has 0 aliphatic carbocycles. The number of ether oxygens (including phenoxy) is 1. The molecule has 26 heavy (non-hydrogen) atoms. The molecule has 2 heterocycles. The number of carbonyl (C=O) groups excluding carboxylic acids is 1. The Morgan fingerprint density at radius 2 is 1.96 bits per heavy atom. The van der Waals surface area contributed by atoms with Gasteiger partial charge in [0.05, 0.1) is 22.9 Å². The monoisotopic (exact) mass is 367 g/mol. The largest absolute Gasteiger partial charge is 0.494 e. The molecule has 0 saturated carbocycles. The van der Waals surface area contributed by atoms with E-state index in [9.17, 15) is 4.79 Å². The predicted octanol–water partition coefficient (Wildman–Crippen LogP) is 3.75. The fourth-order valence-electron chi connectivity index (χ4n) is 3.22. The molecule has 0 spiro atoms. The van der Waals surface area contributed by atoms with E-state index in [1.165, 1.54) is 0 Å². The van der Waals surface area contributed by atoms with E-state index in [0.717, 1.165) is 40.6 Å². The molecule has 0 radical (unpaired) electrons. The lowest BCUT2D eigenvalue weighted by Gasteiger charge is -2.13. The maximum absolute atomic E-state index is 12.3. The summed E-state index contributed by atoms with van der Waals surface area (Å²) < 4.78 is 7.68. The lowest BCUT2D eigenvalue weighted by Crippen LogP contribution is -2.24. The Balaban J connectivity index is 1.75. The van der Waals surface area contributed by atoms with Gasteiger partial charge in [-0.15, -0.1) is 0 Å². The maximum atomic E-state index is 12.3. The van der Waals surface area contributed by atoms with Crippen LogP contribution in [0.1, 0.15) is 13.3 Å². The van der Waals surface area contributed by atoms with Crippen molar-refractivity contribution in [3.63, 3.8) is 0 Å². The minimum atomic E-state index is -0.0711. The van der Waals surface area contributed by atoms with Gasteiger partial charge in [0.1, 0.15) is 5.75 Å². The van der Waals surface area contributed by atoms with Gasteiger partial charge in [-0.1, -0.05) is 23.9 Å². The maximum Gasteiger partial charge on any atom is 0.235 e. The molecule has 0 bridgehead atoms. The standard InChI is InChI=1S/C20H21N3O2S/c1-3-25-15-10-8-14(9-11-15)23-17-7-5-4-6-16(17)21-20(23)26-18-12-13-22(2)19(18)24/h4-11,18H,3,12-13H2,1-2H3. The van der Waals surface area contributed by atoms with Crippen LogP contribution in [0.4, 0.5) is 0 Å². The highest BCUT2D eigenvalue weighted by Gasteiger charge is 2.31. The molecule has 3 aromatic rings. The minimum Gasteiger partial charge on any atom is -0.494 e. The molecule has 2 aromatic carbocycles. The van der Waals surface area contributed by atoms with Crippen LogP contribution in [-0.4, -0.2) is 45.8 Å². The topological polar surface area (TPSA) is 47.4 Å². The third-order valence-corrected chi connectivity index (χ3v) is 5.77. The molecule has 1 saturated heterocycles. The van der Waals surface area contributed by atoms with E-state index in [2.05, 4.69) is 10.6 Å². The van der Waals surface area contributed by atoms with E-state index in [0.29, 0.717) is 6.61 Å². The second-order valence-corrected chi connectivity index (χ2v) is 7.47. The number of para-hydroxylation sites is 2. The Morgan fingerprint density at radius 1 is 1.19 bits per heavy atom. The van der Waals surface area contributed by atoms with E-state index in [1.807, 2.05) is 56.4 Å².